The number of nitrogen functional groups attached to an aromatic ring is 2. The molecule has 3 aromatic rings. The van der Waals surface area contributed by atoms with Crippen molar-refractivity contribution in [3.8, 4) is 0 Å². The van der Waals surface area contributed by atoms with E-state index in [2.05, 4.69) is 36.4 Å². The van der Waals surface area contributed by atoms with E-state index in [1.165, 1.54) is 18.3 Å². The Morgan fingerprint density at radius 2 is 1.51 bits per heavy atom. The summed E-state index contributed by atoms with van der Waals surface area (Å²) >= 11 is 0. The Morgan fingerprint density at radius 1 is 0.844 bits per heavy atom. The van der Waals surface area contributed by atoms with Crippen molar-refractivity contribution >= 4 is 74.2 Å². The van der Waals surface area contributed by atoms with Gasteiger partial charge in [0.15, 0.2) is 54.4 Å². The number of anilines is 2. The van der Waals surface area contributed by atoms with Gasteiger partial charge in [-0.15, -0.1) is 6.58 Å². The fraction of sp³-hybridized carbons (Fsp3) is 0.585. The Morgan fingerprint density at radius 3 is 2.16 bits per heavy atom. The minimum absolute atomic E-state index is 0.00954. The molecule has 3 aliphatic rings. The molecule has 0 saturated carbocycles. The maximum Gasteiger partial charge on any atom is 0.472 e. The maximum atomic E-state index is 14.4. The van der Waals surface area contributed by atoms with Gasteiger partial charge in [-0.05, 0) is 12.5 Å². The van der Waals surface area contributed by atoms with Crippen LogP contribution in [0.15, 0.2) is 42.4 Å². The predicted molar refractivity (Wildman–Crippen MR) is 249 cm³/mol. The first-order valence-corrected chi connectivity index (χ1v) is 25.9. The van der Waals surface area contributed by atoms with Gasteiger partial charge >= 0.3 is 51.2 Å². The molecule has 0 spiro atoms. The number of aliphatic hydroxyl groups is 1. The largest absolute Gasteiger partial charge is 0.472 e. The summed E-state index contributed by atoms with van der Waals surface area (Å²) in [6.45, 7) is 3.99. The quantitative estimate of drug-likeness (QED) is 0.0218. The summed E-state index contributed by atoms with van der Waals surface area (Å²) in [5, 5.41) is 14.3. The molecule has 34 nitrogen and oxygen atoms in total. The van der Waals surface area contributed by atoms with Gasteiger partial charge in [-0.1, -0.05) is 6.08 Å². The van der Waals surface area contributed by atoms with Crippen LogP contribution in [0.4, 0.5) is 11.6 Å². The number of imidazole rings is 1. The monoisotopic (exact) mass is 1140 g/mol. The van der Waals surface area contributed by atoms with Gasteiger partial charge in [0, 0.05) is 46.7 Å². The summed E-state index contributed by atoms with van der Waals surface area (Å²) in [5.41, 5.74) is 10.7. The molecule has 1 amide bonds. The third-order valence-electron chi connectivity index (χ3n) is 11.2. The van der Waals surface area contributed by atoms with Crippen molar-refractivity contribution in [1.82, 2.24) is 34.4 Å². The number of hydrogen-bond acceptors (Lipinski definition) is 28. The maximum absolute atomic E-state index is 14.4. The Labute approximate surface area is 434 Å². The highest BCUT2D eigenvalue weighted by Crippen LogP contribution is 2.50. The Kier molecular flexibility index (Phi) is 20.1. The van der Waals surface area contributed by atoms with Crippen LogP contribution in [0.5, 0.6) is 0 Å². The molecule has 9 N–H and O–H groups in total. The van der Waals surface area contributed by atoms with E-state index in [4.69, 9.17) is 63.1 Å². The summed E-state index contributed by atoms with van der Waals surface area (Å²) < 4.78 is 93.6. The molecule has 36 heteroatoms. The third kappa shape index (κ3) is 16.1. The van der Waals surface area contributed by atoms with Crippen LogP contribution in [-0.2, 0) is 94.1 Å². The number of rotatable bonds is 24. The van der Waals surface area contributed by atoms with Gasteiger partial charge in [0.05, 0.1) is 26.1 Å². The summed E-state index contributed by atoms with van der Waals surface area (Å²) in [6.07, 6.45) is -15.9. The van der Waals surface area contributed by atoms with E-state index in [1.54, 1.807) is 0 Å². The number of nitrogens with two attached hydrogens (primary N) is 2. The number of amides is 1. The predicted octanol–water partition coefficient (Wildman–Crippen LogP) is -2.13. The molecule has 0 bridgehead atoms. The number of carbonyl (C=O) groups excluding carboxylic acids is 6. The Bertz CT molecular complexity index is 2810. The number of nitrogens with zero attached hydrogens (tertiary/aromatic N) is 6. The van der Waals surface area contributed by atoms with Crippen molar-refractivity contribution in [3.63, 3.8) is 0 Å². The van der Waals surface area contributed by atoms with Gasteiger partial charge in [0.1, 0.15) is 61.0 Å². The van der Waals surface area contributed by atoms with E-state index in [1.807, 2.05) is 0 Å². The average Bonchev–Trinajstić information content (AvgIpc) is 4.04. The summed E-state index contributed by atoms with van der Waals surface area (Å²) in [6, 6.07) is -0.665. The smallest absolute Gasteiger partial charge is 0.463 e. The van der Waals surface area contributed by atoms with Gasteiger partial charge in [0.2, 0.25) is 5.91 Å². The van der Waals surface area contributed by atoms with Gasteiger partial charge in [-0.2, -0.15) is 4.98 Å². The number of fused-ring (bicyclic) bond motifs is 1. The number of carbonyl (C=O) groups is 6. The van der Waals surface area contributed by atoms with Crippen molar-refractivity contribution in [1.29, 1.82) is 0 Å². The molecule has 14 atom stereocenters. The summed E-state index contributed by atoms with van der Waals surface area (Å²) in [4.78, 5) is 135. The topological polar surface area (TPSA) is 471 Å². The number of esters is 5. The molecule has 3 fully saturated rings. The number of phosphoric ester groups is 2. The van der Waals surface area contributed by atoms with E-state index >= 15 is 0 Å². The number of nitrogens with one attached hydrogen (secondary N) is 1. The first-order chi connectivity index (χ1) is 36.2. The molecule has 3 aliphatic heterocycles. The standard InChI is InChI=1S/C41H55N9O25P2/c1-6-7-8-28(55)47-22(12-65-40-35(70-21(5)54)34(69-20(4)53)33(68-19(3)52)25(73-40)13-64-18(2)51)39(57)74-32-26(72-38(31(32)56)50-17-46-30-36(43)44-16-45-37(30)50)15-67-77(62,63)75-23-11-29(49-10-9-27(42)48-41(49)58)71-24(23)14-66-76(59,60)61/h6,9-10,16-17,22-26,29,31-35,38,40,56H,1,7-8,11-15H2,2-5H3,(H,47,55)(H,62,63)(H2,42,48,58)(H2,43,44,45)(H2,59,60,61)/t22-,23-,24+,25+,26+,29+,31+,32+,33+,34-,35+,38+,40+/m0/s1. The number of aromatic nitrogens is 6. The first-order valence-electron chi connectivity index (χ1n) is 22.9. The third-order valence-corrected chi connectivity index (χ3v) is 12.7. The Balaban J connectivity index is 1.29. The van der Waals surface area contributed by atoms with Crippen molar-refractivity contribution in [2.45, 2.75) is 127 Å². The van der Waals surface area contributed by atoms with Crippen LogP contribution in [-0.4, -0.2) is 178 Å². The van der Waals surface area contributed by atoms with Crippen LogP contribution in [0, 0.1) is 0 Å². The lowest BCUT2D eigenvalue weighted by molar-refractivity contribution is -0.308. The fourth-order valence-corrected chi connectivity index (χ4v) is 9.30. The highest BCUT2D eigenvalue weighted by molar-refractivity contribution is 7.47. The molecule has 6 heterocycles. The molecule has 0 radical (unpaired) electrons. The second-order valence-corrected chi connectivity index (χ2v) is 19.6. The Hall–Kier alpha value is -6.39. The normalized spacial score (nSPS) is 27.4. The number of ether oxygens (including phenoxy) is 9. The van der Waals surface area contributed by atoms with E-state index in [0.29, 0.717) is 0 Å². The number of phosphoric acid groups is 2. The highest BCUT2D eigenvalue weighted by atomic mass is 31.2. The molecule has 0 aliphatic carbocycles. The molecule has 6 rings (SSSR count). The van der Waals surface area contributed by atoms with Crippen molar-refractivity contribution in [2.75, 3.05) is 37.9 Å². The first kappa shape index (κ1) is 59.8. The molecule has 1 unspecified atom stereocenters. The molecular weight excluding hydrogens is 1080 g/mol. The zero-order valence-corrected chi connectivity index (χ0v) is 42.9. The average molecular weight is 1140 g/mol. The minimum atomic E-state index is -5.41. The van der Waals surface area contributed by atoms with Gasteiger partial charge < -0.3 is 79.2 Å². The van der Waals surface area contributed by atoms with Crippen molar-refractivity contribution in [2.24, 2.45) is 0 Å². The second-order valence-electron chi connectivity index (χ2n) is 17.0. The summed E-state index contributed by atoms with van der Waals surface area (Å²) in [7, 11) is -10.6. The molecule has 3 aromatic heterocycles. The van der Waals surface area contributed by atoms with Crippen molar-refractivity contribution in [3.05, 3.63) is 48.1 Å². The van der Waals surface area contributed by atoms with Gasteiger partial charge in [-0.25, -0.2) is 33.7 Å². The lowest BCUT2D eigenvalue weighted by atomic mass is 9.98. The number of hydrogen-bond donors (Lipinski definition) is 7. The van der Waals surface area contributed by atoms with Crippen LogP contribution < -0.4 is 22.5 Å². The minimum Gasteiger partial charge on any atom is -0.463 e. The fourth-order valence-electron chi connectivity index (χ4n) is 8.00. The summed E-state index contributed by atoms with van der Waals surface area (Å²) in [5.74, 6) is -6.12. The molecule has 3 saturated heterocycles. The van der Waals surface area contributed by atoms with Gasteiger partial charge in [0.25, 0.3) is 0 Å². The zero-order valence-electron chi connectivity index (χ0n) is 41.1. The zero-order chi connectivity index (χ0) is 56.5. The number of allylic oxidation sites excluding steroid dienone is 1. The van der Waals surface area contributed by atoms with E-state index in [-0.39, 0.29) is 35.6 Å². The van der Waals surface area contributed by atoms with E-state index < -0.39 is 170 Å². The lowest BCUT2D eigenvalue weighted by Gasteiger charge is -2.44. The van der Waals surface area contributed by atoms with Crippen LogP contribution in [0.1, 0.15) is 59.4 Å². The molecule has 77 heavy (non-hydrogen) atoms. The van der Waals surface area contributed by atoms with E-state index in [0.717, 1.165) is 49.5 Å². The lowest BCUT2D eigenvalue weighted by Crippen LogP contribution is -2.63. The molecule has 424 valence electrons. The SMILES string of the molecule is C=CCCC(=O)N[C@@H](CO[C@@H]1O[C@H](COC(C)=O)[C@@H](OC(C)=O)[C@H](OC(C)=O)[C@H]1OC(C)=O)C(=O)O[C@H]1[C@@H](O)[C@H](n2cnc3c(N)ncnc32)O[C@@H]1COP(=O)(O)O[C@H]1C[C@H](n2ccc(N)nc2=O)O[C@@H]1COP(=O)(O)O. The van der Waals surface area contributed by atoms with Crippen LogP contribution >= 0.6 is 15.6 Å². The molecule has 0 aromatic carbocycles. The number of aliphatic hydroxyl groups excluding tert-OH is 1. The van der Waals surface area contributed by atoms with Gasteiger partial charge in [-0.3, -0.25) is 46.7 Å². The van der Waals surface area contributed by atoms with Crippen LogP contribution in [0.25, 0.3) is 11.2 Å². The van der Waals surface area contributed by atoms with E-state index in [9.17, 15) is 62.5 Å². The van der Waals surface area contributed by atoms with Crippen LogP contribution in [0.2, 0.25) is 0 Å². The molecular formula is C41H55N9O25P2. The highest BCUT2D eigenvalue weighted by Gasteiger charge is 2.54. The second kappa shape index (κ2) is 25.8. The van der Waals surface area contributed by atoms with Crippen LogP contribution in [0.3, 0.4) is 0 Å². The van der Waals surface area contributed by atoms with Crippen molar-refractivity contribution < 1.29 is 114 Å².